The molecule has 0 aliphatic rings. The zero-order valence-corrected chi connectivity index (χ0v) is 12.3. The number of thiophene rings is 1. The number of anilines is 1. The number of aryl methyl sites for hydroxylation is 2. The first kappa shape index (κ1) is 14.0. The van der Waals surface area contributed by atoms with Crippen LogP contribution in [-0.2, 0) is 24.2 Å². The number of aromatic nitrogens is 1. The third kappa shape index (κ3) is 4.04. The van der Waals surface area contributed by atoms with Gasteiger partial charge in [0.05, 0.1) is 18.7 Å². The lowest BCUT2D eigenvalue weighted by atomic mass is 10.2. The molecule has 0 saturated heterocycles. The van der Waals surface area contributed by atoms with Crippen LogP contribution < -0.4 is 5.32 Å². The van der Waals surface area contributed by atoms with Crippen molar-refractivity contribution in [2.24, 2.45) is 0 Å². The molecule has 0 atom stereocenters. The Morgan fingerprint density at radius 3 is 3.05 bits per heavy atom. The summed E-state index contributed by atoms with van der Waals surface area (Å²) in [7, 11) is 0. The number of nitrogens with zero attached hydrogens (tertiary/aromatic N) is 1. The van der Waals surface area contributed by atoms with Crippen molar-refractivity contribution in [2.45, 2.75) is 32.7 Å². The van der Waals surface area contributed by atoms with Crippen LogP contribution in [0.5, 0.6) is 0 Å². The maximum atomic E-state index is 10.5. The van der Waals surface area contributed by atoms with Gasteiger partial charge in [0.1, 0.15) is 0 Å². The van der Waals surface area contributed by atoms with Gasteiger partial charge in [0.25, 0.3) is 0 Å². The minimum atomic E-state index is -0.784. The summed E-state index contributed by atoms with van der Waals surface area (Å²) in [6.07, 6.45) is 1.67. The van der Waals surface area contributed by atoms with E-state index in [0.717, 1.165) is 23.8 Å². The lowest BCUT2D eigenvalue weighted by Crippen LogP contribution is -2.00. The van der Waals surface area contributed by atoms with E-state index in [0.29, 0.717) is 6.42 Å². The molecular formula is C13H16N2O2S2. The van der Waals surface area contributed by atoms with Gasteiger partial charge >= 0.3 is 5.97 Å². The maximum absolute atomic E-state index is 10.5. The van der Waals surface area contributed by atoms with E-state index in [9.17, 15) is 4.79 Å². The van der Waals surface area contributed by atoms with Crippen LogP contribution in [0.25, 0.3) is 0 Å². The number of aliphatic carboxylic acids is 1. The molecule has 0 bridgehead atoms. The van der Waals surface area contributed by atoms with Crippen LogP contribution in [0.3, 0.4) is 0 Å². The van der Waals surface area contributed by atoms with Crippen molar-refractivity contribution in [1.82, 2.24) is 4.98 Å². The highest BCUT2D eigenvalue weighted by molar-refractivity contribution is 7.13. The molecule has 0 unspecified atom stereocenters. The lowest BCUT2D eigenvalue weighted by molar-refractivity contribution is -0.136. The number of hydrogen-bond acceptors (Lipinski definition) is 5. The molecule has 0 aromatic carbocycles. The van der Waals surface area contributed by atoms with Crippen LogP contribution in [0.15, 0.2) is 16.8 Å². The highest BCUT2D eigenvalue weighted by atomic mass is 32.1. The molecule has 19 heavy (non-hydrogen) atoms. The fourth-order valence-corrected chi connectivity index (χ4v) is 3.39. The van der Waals surface area contributed by atoms with Gasteiger partial charge in [0, 0.05) is 16.7 Å². The van der Waals surface area contributed by atoms with Gasteiger partial charge in [0.2, 0.25) is 0 Å². The second kappa shape index (κ2) is 6.68. The summed E-state index contributed by atoms with van der Waals surface area (Å²) in [5.74, 6) is -0.784. The Bertz CT molecular complexity index is 548. The van der Waals surface area contributed by atoms with Crippen LogP contribution in [0.1, 0.15) is 29.5 Å². The van der Waals surface area contributed by atoms with Crippen LogP contribution in [0, 0.1) is 0 Å². The average Bonchev–Trinajstić information content (AvgIpc) is 3.02. The summed E-state index contributed by atoms with van der Waals surface area (Å²) in [6, 6.07) is 2.15. The summed E-state index contributed by atoms with van der Waals surface area (Å²) in [4.78, 5) is 16.2. The first-order valence-electron chi connectivity index (χ1n) is 6.14. The number of carbonyl (C=O) groups is 1. The third-order valence-corrected chi connectivity index (χ3v) is 4.58. The molecule has 4 nitrogen and oxygen atoms in total. The van der Waals surface area contributed by atoms with Crippen LogP contribution >= 0.6 is 22.7 Å². The van der Waals surface area contributed by atoms with E-state index >= 15 is 0 Å². The fraction of sp³-hybridized carbons (Fsp3) is 0.385. The van der Waals surface area contributed by atoms with Gasteiger partial charge in [-0.15, -0.1) is 22.7 Å². The van der Waals surface area contributed by atoms with E-state index < -0.39 is 5.97 Å². The normalized spacial score (nSPS) is 10.6. The monoisotopic (exact) mass is 296 g/mol. The predicted octanol–water partition coefficient (Wildman–Crippen LogP) is 3.40. The molecule has 0 fully saturated rings. The molecule has 2 heterocycles. The van der Waals surface area contributed by atoms with E-state index in [2.05, 4.69) is 28.7 Å². The Kier molecular flexibility index (Phi) is 4.93. The van der Waals surface area contributed by atoms with Crippen molar-refractivity contribution in [3.63, 3.8) is 0 Å². The van der Waals surface area contributed by atoms with Gasteiger partial charge in [-0.05, 0) is 23.4 Å². The zero-order chi connectivity index (χ0) is 13.7. The topological polar surface area (TPSA) is 62.2 Å². The minimum Gasteiger partial charge on any atom is -0.481 e. The van der Waals surface area contributed by atoms with Crippen molar-refractivity contribution in [3.8, 4) is 0 Å². The second-order valence-electron chi connectivity index (χ2n) is 4.11. The van der Waals surface area contributed by atoms with Gasteiger partial charge in [-0.3, -0.25) is 4.79 Å². The summed E-state index contributed by atoms with van der Waals surface area (Å²) >= 11 is 3.28. The minimum absolute atomic E-state index is 0.133. The largest absolute Gasteiger partial charge is 0.481 e. The first-order valence-corrected chi connectivity index (χ1v) is 7.90. The van der Waals surface area contributed by atoms with Crippen molar-refractivity contribution in [3.05, 3.63) is 33.0 Å². The maximum Gasteiger partial charge on any atom is 0.303 e. The average molecular weight is 296 g/mol. The van der Waals surface area contributed by atoms with Gasteiger partial charge in [-0.1, -0.05) is 6.92 Å². The molecule has 102 valence electrons. The SMILES string of the molecule is CCc1ccsc1CNc1nc(CCC(=O)O)cs1. The molecule has 0 aliphatic heterocycles. The summed E-state index contributed by atoms with van der Waals surface area (Å²) in [6.45, 7) is 2.94. The van der Waals surface area contributed by atoms with Gasteiger partial charge in [0.15, 0.2) is 5.13 Å². The van der Waals surface area contributed by atoms with E-state index in [1.807, 2.05) is 5.38 Å². The molecule has 2 N–H and O–H groups in total. The molecule has 2 rings (SSSR count). The fourth-order valence-electron chi connectivity index (χ4n) is 1.73. The highest BCUT2D eigenvalue weighted by Gasteiger charge is 2.06. The van der Waals surface area contributed by atoms with Crippen LogP contribution in [0.4, 0.5) is 5.13 Å². The summed E-state index contributed by atoms with van der Waals surface area (Å²) in [5.41, 5.74) is 2.22. The van der Waals surface area contributed by atoms with E-state index in [4.69, 9.17) is 5.11 Å². The Morgan fingerprint density at radius 1 is 1.47 bits per heavy atom. The van der Waals surface area contributed by atoms with E-state index in [1.165, 1.54) is 21.8 Å². The molecule has 0 aliphatic carbocycles. The summed E-state index contributed by atoms with van der Waals surface area (Å²) in [5, 5.41) is 16.8. The third-order valence-electron chi connectivity index (χ3n) is 2.77. The van der Waals surface area contributed by atoms with Crippen LogP contribution in [0.2, 0.25) is 0 Å². The van der Waals surface area contributed by atoms with E-state index in [-0.39, 0.29) is 6.42 Å². The molecule has 2 aromatic heterocycles. The Morgan fingerprint density at radius 2 is 2.32 bits per heavy atom. The second-order valence-corrected chi connectivity index (χ2v) is 5.97. The molecule has 0 spiro atoms. The van der Waals surface area contributed by atoms with Gasteiger partial charge in [-0.2, -0.15) is 0 Å². The Labute approximate surface area is 120 Å². The molecule has 0 amide bonds. The molecule has 6 heteroatoms. The number of rotatable bonds is 7. The molecule has 0 saturated carbocycles. The van der Waals surface area contributed by atoms with Crippen molar-refractivity contribution >= 4 is 33.8 Å². The standard InChI is InChI=1S/C13H16N2O2S2/c1-2-9-5-6-18-11(9)7-14-13-15-10(8-19-13)3-4-12(16)17/h5-6,8H,2-4,7H2,1H3,(H,14,15)(H,16,17). The zero-order valence-electron chi connectivity index (χ0n) is 10.7. The number of hydrogen-bond donors (Lipinski definition) is 2. The van der Waals surface area contributed by atoms with Crippen molar-refractivity contribution in [2.75, 3.05) is 5.32 Å². The number of carboxylic acid groups (broad SMARTS) is 1. The summed E-state index contributed by atoms with van der Waals surface area (Å²) < 4.78 is 0. The number of carboxylic acids is 1. The number of nitrogens with one attached hydrogen (secondary N) is 1. The quantitative estimate of drug-likeness (QED) is 0.822. The first-order chi connectivity index (χ1) is 9.19. The van der Waals surface area contributed by atoms with Gasteiger partial charge in [-0.25, -0.2) is 4.98 Å². The molecular weight excluding hydrogens is 280 g/mol. The van der Waals surface area contributed by atoms with Gasteiger partial charge < -0.3 is 10.4 Å². The smallest absolute Gasteiger partial charge is 0.303 e. The molecule has 2 aromatic rings. The lowest BCUT2D eigenvalue weighted by Gasteiger charge is -2.02. The Hall–Kier alpha value is -1.40. The predicted molar refractivity (Wildman–Crippen MR) is 79.1 cm³/mol. The van der Waals surface area contributed by atoms with Crippen molar-refractivity contribution < 1.29 is 9.90 Å². The number of thiazole rings is 1. The van der Waals surface area contributed by atoms with Crippen LogP contribution in [-0.4, -0.2) is 16.1 Å². The van der Waals surface area contributed by atoms with E-state index in [1.54, 1.807) is 11.3 Å². The van der Waals surface area contributed by atoms with Crippen molar-refractivity contribution in [1.29, 1.82) is 0 Å². The Balaban J connectivity index is 1.88. The molecule has 0 radical (unpaired) electrons. The highest BCUT2D eigenvalue weighted by Crippen LogP contribution is 2.21.